The first kappa shape index (κ1) is 21.9. The van der Waals surface area contributed by atoms with Gasteiger partial charge >= 0.3 is 5.97 Å². The van der Waals surface area contributed by atoms with Crippen molar-refractivity contribution in [2.75, 3.05) is 24.7 Å². The minimum atomic E-state index is -0.864. The Bertz CT molecular complexity index is 1080. The molecule has 166 valence electrons. The molecule has 0 fully saturated rings. The van der Waals surface area contributed by atoms with Crippen molar-refractivity contribution in [2.45, 2.75) is 25.8 Å². The van der Waals surface area contributed by atoms with Gasteiger partial charge in [-0.15, -0.1) is 11.3 Å². The fourth-order valence-corrected chi connectivity index (χ4v) is 4.13. The number of fused-ring (bicyclic) bond motifs is 1. The van der Waals surface area contributed by atoms with Gasteiger partial charge in [0.25, 0.3) is 5.91 Å². The molecule has 0 radical (unpaired) electrons. The highest BCUT2D eigenvalue weighted by atomic mass is 32.1. The SMILES string of the molecule is CC(C)(C(=O)OCC(=O)N(Cc1cccs1)c1ccc2c(c1)OCCO2)c1ccccc1. The number of carbonyl (C=O) groups excluding carboxylic acids is 2. The van der Waals surface area contributed by atoms with Crippen LogP contribution in [0.15, 0.2) is 66.0 Å². The monoisotopic (exact) mass is 451 g/mol. The molecular formula is C25H25NO5S. The molecule has 0 saturated carbocycles. The van der Waals surface area contributed by atoms with Crippen LogP contribution >= 0.6 is 11.3 Å². The van der Waals surface area contributed by atoms with Crippen molar-refractivity contribution in [1.82, 2.24) is 0 Å². The number of carbonyl (C=O) groups is 2. The van der Waals surface area contributed by atoms with Crippen LogP contribution in [0.4, 0.5) is 5.69 Å². The Hall–Kier alpha value is -3.32. The number of rotatable bonds is 7. The van der Waals surface area contributed by atoms with E-state index in [1.54, 1.807) is 42.2 Å². The minimum absolute atomic E-state index is 0.313. The summed E-state index contributed by atoms with van der Waals surface area (Å²) in [6, 6.07) is 18.7. The number of esters is 1. The average Bonchev–Trinajstić information content (AvgIpc) is 3.34. The summed E-state index contributed by atoms with van der Waals surface area (Å²) in [4.78, 5) is 28.6. The molecule has 1 aliphatic rings. The zero-order valence-corrected chi connectivity index (χ0v) is 18.9. The highest BCUT2D eigenvalue weighted by Gasteiger charge is 2.32. The summed E-state index contributed by atoms with van der Waals surface area (Å²) in [7, 11) is 0. The zero-order valence-electron chi connectivity index (χ0n) is 18.1. The highest BCUT2D eigenvalue weighted by molar-refractivity contribution is 7.09. The van der Waals surface area contributed by atoms with Gasteiger partial charge in [-0.1, -0.05) is 36.4 Å². The van der Waals surface area contributed by atoms with Crippen molar-refractivity contribution >= 4 is 28.9 Å². The molecule has 1 aliphatic heterocycles. The van der Waals surface area contributed by atoms with Crippen molar-refractivity contribution in [3.63, 3.8) is 0 Å². The average molecular weight is 452 g/mol. The summed E-state index contributed by atoms with van der Waals surface area (Å²) < 4.78 is 16.7. The summed E-state index contributed by atoms with van der Waals surface area (Å²) in [5.41, 5.74) is 0.627. The van der Waals surface area contributed by atoms with Gasteiger partial charge in [-0.3, -0.25) is 9.59 Å². The van der Waals surface area contributed by atoms with Gasteiger partial charge in [-0.05, 0) is 43.0 Å². The van der Waals surface area contributed by atoms with Gasteiger partial charge in [0.2, 0.25) is 0 Å². The van der Waals surface area contributed by atoms with E-state index >= 15 is 0 Å². The molecule has 0 atom stereocenters. The van der Waals surface area contributed by atoms with Crippen LogP contribution in [0.2, 0.25) is 0 Å². The molecule has 4 rings (SSSR count). The maximum Gasteiger partial charge on any atom is 0.316 e. The third kappa shape index (κ3) is 4.78. The molecule has 3 aromatic rings. The molecule has 2 heterocycles. The van der Waals surface area contributed by atoms with Crippen LogP contribution in [0.1, 0.15) is 24.3 Å². The van der Waals surface area contributed by atoms with Crippen molar-refractivity contribution in [1.29, 1.82) is 0 Å². The van der Waals surface area contributed by atoms with E-state index in [0.29, 0.717) is 36.9 Å². The molecular weight excluding hydrogens is 426 g/mol. The van der Waals surface area contributed by atoms with E-state index in [1.807, 2.05) is 53.9 Å². The number of hydrogen-bond donors (Lipinski definition) is 0. The van der Waals surface area contributed by atoms with Crippen LogP contribution in [0.25, 0.3) is 0 Å². The van der Waals surface area contributed by atoms with Crippen molar-refractivity contribution < 1.29 is 23.8 Å². The number of ether oxygens (including phenoxy) is 3. The Morgan fingerprint density at radius 1 is 1.00 bits per heavy atom. The fraction of sp³-hybridized carbons (Fsp3) is 0.280. The molecule has 1 aromatic heterocycles. The molecule has 6 nitrogen and oxygen atoms in total. The first-order valence-corrected chi connectivity index (χ1v) is 11.3. The molecule has 2 aromatic carbocycles. The topological polar surface area (TPSA) is 65.1 Å². The molecule has 7 heteroatoms. The van der Waals surface area contributed by atoms with Crippen molar-refractivity contribution in [3.05, 3.63) is 76.5 Å². The molecule has 0 spiro atoms. The van der Waals surface area contributed by atoms with Gasteiger partial charge < -0.3 is 19.1 Å². The maximum atomic E-state index is 13.2. The van der Waals surface area contributed by atoms with Crippen LogP contribution in [0, 0.1) is 0 Å². The highest BCUT2D eigenvalue weighted by Crippen LogP contribution is 2.35. The summed E-state index contributed by atoms with van der Waals surface area (Å²) >= 11 is 1.56. The van der Waals surface area contributed by atoms with Gasteiger partial charge in [-0.25, -0.2) is 0 Å². The smallest absolute Gasteiger partial charge is 0.316 e. The lowest BCUT2D eigenvalue weighted by atomic mass is 9.85. The lowest BCUT2D eigenvalue weighted by Gasteiger charge is -2.26. The van der Waals surface area contributed by atoms with Gasteiger partial charge in [0.1, 0.15) is 13.2 Å². The summed E-state index contributed by atoms with van der Waals surface area (Å²) in [6.45, 7) is 4.56. The number of thiophene rings is 1. The first-order chi connectivity index (χ1) is 15.4. The van der Waals surface area contributed by atoms with E-state index < -0.39 is 11.4 Å². The molecule has 32 heavy (non-hydrogen) atoms. The van der Waals surface area contributed by atoms with Crippen LogP contribution in [-0.2, 0) is 26.3 Å². The quantitative estimate of drug-likeness (QED) is 0.492. The third-order valence-electron chi connectivity index (χ3n) is 5.37. The number of nitrogens with zero attached hydrogens (tertiary/aromatic N) is 1. The first-order valence-electron chi connectivity index (χ1n) is 10.4. The molecule has 0 aliphatic carbocycles. The molecule has 1 amide bonds. The number of benzene rings is 2. The van der Waals surface area contributed by atoms with Gasteiger partial charge in [-0.2, -0.15) is 0 Å². The number of hydrogen-bond acceptors (Lipinski definition) is 6. The van der Waals surface area contributed by atoms with Crippen LogP contribution < -0.4 is 14.4 Å². The third-order valence-corrected chi connectivity index (χ3v) is 6.23. The van der Waals surface area contributed by atoms with E-state index in [0.717, 1.165) is 10.4 Å². The molecule has 0 N–H and O–H groups in total. The normalized spacial score (nSPS) is 12.8. The second-order valence-corrected chi connectivity index (χ2v) is 8.99. The maximum absolute atomic E-state index is 13.2. The van der Waals surface area contributed by atoms with Crippen LogP contribution in [0.5, 0.6) is 11.5 Å². The fourth-order valence-electron chi connectivity index (χ4n) is 3.44. The van der Waals surface area contributed by atoms with Gasteiger partial charge in [0.15, 0.2) is 18.1 Å². The minimum Gasteiger partial charge on any atom is -0.486 e. The van der Waals surface area contributed by atoms with E-state index in [2.05, 4.69) is 0 Å². The predicted octanol–water partition coefficient (Wildman–Crippen LogP) is 4.57. The van der Waals surface area contributed by atoms with Gasteiger partial charge in [0, 0.05) is 16.6 Å². The summed E-state index contributed by atoms with van der Waals surface area (Å²) in [5, 5.41) is 1.96. The second-order valence-electron chi connectivity index (χ2n) is 7.95. The summed E-state index contributed by atoms with van der Waals surface area (Å²) in [5.74, 6) is 0.488. The van der Waals surface area contributed by atoms with E-state index in [9.17, 15) is 9.59 Å². The Balaban J connectivity index is 1.51. The van der Waals surface area contributed by atoms with E-state index in [1.165, 1.54) is 0 Å². The largest absolute Gasteiger partial charge is 0.486 e. The molecule has 0 unspecified atom stereocenters. The Kier molecular flexibility index (Phi) is 6.46. The van der Waals surface area contributed by atoms with Gasteiger partial charge in [0.05, 0.1) is 12.0 Å². The number of amides is 1. The van der Waals surface area contributed by atoms with E-state index in [-0.39, 0.29) is 12.5 Å². The lowest BCUT2D eigenvalue weighted by Crippen LogP contribution is -2.37. The lowest BCUT2D eigenvalue weighted by molar-refractivity contribution is -0.152. The Labute approximate surface area is 191 Å². The Morgan fingerprint density at radius 3 is 2.47 bits per heavy atom. The second kappa shape index (κ2) is 9.44. The predicted molar refractivity (Wildman–Crippen MR) is 123 cm³/mol. The summed E-state index contributed by atoms with van der Waals surface area (Å²) in [6.07, 6.45) is 0. The molecule has 0 bridgehead atoms. The van der Waals surface area contributed by atoms with Crippen molar-refractivity contribution in [3.8, 4) is 11.5 Å². The molecule has 0 saturated heterocycles. The van der Waals surface area contributed by atoms with Crippen molar-refractivity contribution in [2.24, 2.45) is 0 Å². The standard InChI is InChI=1S/C25H25NO5S/c1-25(2,18-7-4-3-5-8-18)24(28)31-17-23(27)26(16-20-9-6-14-32-20)19-10-11-21-22(15-19)30-13-12-29-21/h3-11,14-15H,12-13,16-17H2,1-2H3. The number of anilines is 1. The van der Waals surface area contributed by atoms with Crippen LogP contribution in [-0.4, -0.2) is 31.7 Å². The zero-order chi connectivity index (χ0) is 22.6. The van der Waals surface area contributed by atoms with Crippen LogP contribution in [0.3, 0.4) is 0 Å². The van der Waals surface area contributed by atoms with E-state index in [4.69, 9.17) is 14.2 Å². The Morgan fingerprint density at radius 2 is 1.75 bits per heavy atom.